The van der Waals surface area contributed by atoms with Gasteiger partial charge in [0.1, 0.15) is 0 Å². The van der Waals surface area contributed by atoms with E-state index in [1.54, 1.807) is 64.2 Å². The van der Waals surface area contributed by atoms with Gasteiger partial charge in [-0.2, -0.15) is 0 Å². The number of unbranched alkanes of at least 4 members (excludes halogenated alkanes) is 2. The number of hydrogen-bond donors (Lipinski definition) is 0. The van der Waals surface area contributed by atoms with Crippen molar-refractivity contribution in [1.29, 1.82) is 0 Å². The second-order valence-corrected chi connectivity index (χ2v) is 12.0. The van der Waals surface area contributed by atoms with Crippen LogP contribution in [-0.2, 0) is 0 Å². The molecule has 0 heteroatoms. The number of fused-ring (bicyclic) bond motifs is 1. The molecular formula is C30H56. The Bertz CT molecular complexity index is 439. The van der Waals surface area contributed by atoms with Crippen molar-refractivity contribution in [3.05, 3.63) is 0 Å². The minimum absolute atomic E-state index is 1.04. The van der Waals surface area contributed by atoms with Gasteiger partial charge in [-0.05, 0) is 73.5 Å². The normalized spacial score (nSPS) is 39.1. The summed E-state index contributed by atoms with van der Waals surface area (Å²) in [5.41, 5.74) is 0. The van der Waals surface area contributed by atoms with Gasteiger partial charge in [0.05, 0.1) is 0 Å². The maximum absolute atomic E-state index is 2.51. The summed E-state index contributed by atoms with van der Waals surface area (Å²) in [5, 5.41) is 0. The smallest absolute Gasteiger partial charge is 0.0357 e. The van der Waals surface area contributed by atoms with Gasteiger partial charge in [0.25, 0.3) is 0 Å². The van der Waals surface area contributed by atoms with Crippen LogP contribution in [0.2, 0.25) is 0 Å². The van der Waals surface area contributed by atoms with Gasteiger partial charge in [0, 0.05) is 0 Å². The first kappa shape index (κ1) is 24.6. The fourth-order valence-electron chi connectivity index (χ4n) is 8.12. The molecule has 0 radical (unpaired) electrons. The zero-order valence-electron chi connectivity index (χ0n) is 21.2. The highest BCUT2D eigenvalue weighted by Gasteiger charge is 2.38. The molecule has 0 aliphatic heterocycles. The Balaban J connectivity index is 1.68. The van der Waals surface area contributed by atoms with Crippen molar-refractivity contribution >= 4 is 0 Å². The Hall–Kier alpha value is 0. The number of hydrogen-bond acceptors (Lipinski definition) is 0. The van der Waals surface area contributed by atoms with Crippen LogP contribution in [0.3, 0.4) is 0 Å². The highest BCUT2D eigenvalue weighted by molar-refractivity contribution is 4.88. The zero-order valence-corrected chi connectivity index (χ0v) is 21.2. The molecule has 0 amide bonds. The van der Waals surface area contributed by atoms with E-state index in [9.17, 15) is 0 Å². The molecule has 7 atom stereocenters. The average molecular weight is 417 g/mol. The standard InChI is InChI=1S/C30H56/c1-4-7-11-14-25-17-19-27-15-12-9-8-10-13-16-28(23-29(27)22-25)30-20-18-24(5-2)21-26(30)6-3/h24-30H,4-23H2,1-3H3. The van der Waals surface area contributed by atoms with Crippen LogP contribution >= 0.6 is 0 Å². The van der Waals surface area contributed by atoms with Crippen molar-refractivity contribution in [3.63, 3.8) is 0 Å². The Morgan fingerprint density at radius 3 is 2.00 bits per heavy atom. The van der Waals surface area contributed by atoms with E-state index in [1.807, 2.05) is 0 Å². The molecule has 0 nitrogen and oxygen atoms in total. The van der Waals surface area contributed by atoms with Gasteiger partial charge in [-0.1, -0.05) is 117 Å². The minimum Gasteiger partial charge on any atom is -0.0654 e. The third-order valence-electron chi connectivity index (χ3n) is 10.1. The van der Waals surface area contributed by atoms with Crippen molar-refractivity contribution in [3.8, 4) is 0 Å². The maximum atomic E-state index is 2.51. The van der Waals surface area contributed by atoms with Gasteiger partial charge in [-0.15, -0.1) is 0 Å². The molecule has 0 heterocycles. The summed E-state index contributed by atoms with van der Waals surface area (Å²) in [6.45, 7) is 7.31. The summed E-state index contributed by atoms with van der Waals surface area (Å²) in [5.74, 6) is 7.45. The molecule has 0 aromatic heterocycles. The van der Waals surface area contributed by atoms with E-state index in [0.717, 1.165) is 41.4 Å². The Morgan fingerprint density at radius 1 is 0.533 bits per heavy atom. The van der Waals surface area contributed by atoms with E-state index in [4.69, 9.17) is 0 Å². The lowest BCUT2D eigenvalue weighted by molar-refractivity contribution is 0.0663. The molecule has 176 valence electrons. The van der Waals surface area contributed by atoms with Crippen LogP contribution in [0.15, 0.2) is 0 Å². The molecule has 3 aliphatic carbocycles. The lowest BCUT2D eigenvalue weighted by Gasteiger charge is -2.44. The predicted octanol–water partition coefficient (Wildman–Crippen LogP) is 10.2. The largest absolute Gasteiger partial charge is 0.0654 e. The summed E-state index contributed by atoms with van der Waals surface area (Å²) in [6.07, 6.45) is 30.6. The molecule has 0 N–H and O–H groups in total. The highest BCUT2D eigenvalue weighted by Crippen LogP contribution is 2.48. The van der Waals surface area contributed by atoms with Gasteiger partial charge >= 0.3 is 0 Å². The van der Waals surface area contributed by atoms with Crippen molar-refractivity contribution in [2.75, 3.05) is 0 Å². The van der Waals surface area contributed by atoms with Gasteiger partial charge < -0.3 is 0 Å². The van der Waals surface area contributed by atoms with Crippen LogP contribution in [0.4, 0.5) is 0 Å². The molecule has 0 aromatic carbocycles. The fourth-order valence-corrected chi connectivity index (χ4v) is 8.12. The Kier molecular flexibility index (Phi) is 11.1. The topological polar surface area (TPSA) is 0 Å². The number of rotatable bonds is 7. The molecule has 3 rings (SSSR count). The van der Waals surface area contributed by atoms with E-state index in [2.05, 4.69) is 20.8 Å². The first-order valence-electron chi connectivity index (χ1n) is 14.7. The average Bonchev–Trinajstić information content (AvgIpc) is 2.82. The summed E-state index contributed by atoms with van der Waals surface area (Å²) < 4.78 is 0. The second kappa shape index (κ2) is 13.5. The van der Waals surface area contributed by atoms with Crippen molar-refractivity contribution < 1.29 is 0 Å². The third-order valence-corrected chi connectivity index (χ3v) is 10.1. The van der Waals surface area contributed by atoms with E-state index >= 15 is 0 Å². The summed E-state index contributed by atoms with van der Waals surface area (Å²) >= 11 is 0. The molecule has 0 spiro atoms. The SMILES string of the molecule is CCCCCC1CCC2CCCCCCCC(C3CCC(CC)CC3CC)CC2C1. The van der Waals surface area contributed by atoms with Gasteiger partial charge in [-0.25, -0.2) is 0 Å². The molecule has 30 heavy (non-hydrogen) atoms. The maximum Gasteiger partial charge on any atom is -0.0357 e. The van der Waals surface area contributed by atoms with Crippen molar-refractivity contribution in [2.24, 2.45) is 41.4 Å². The fraction of sp³-hybridized carbons (Fsp3) is 1.00. The third kappa shape index (κ3) is 7.27. The predicted molar refractivity (Wildman–Crippen MR) is 134 cm³/mol. The van der Waals surface area contributed by atoms with Crippen LogP contribution < -0.4 is 0 Å². The van der Waals surface area contributed by atoms with Crippen LogP contribution in [0, 0.1) is 41.4 Å². The minimum atomic E-state index is 1.04. The molecule has 3 aliphatic rings. The molecule has 3 saturated carbocycles. The van der Waals surface area contributed by atoms with Gasteiger partial charge in [-0.3, -0.25) is 0 Å². The zero-order chi connectivity index (χ0) is 21.2. The van der Waals surface area contributed by atoms with E-state index in [1.165, 1.54) is 64.2 Å². The van der Waals surface area contributed by atoms with Crippen molar-refractivity contribution in [2.45, 2.75) is 149 Å². The lowest BCUT2D eigenvalue weighted by atomic mass is 9.62. The van der Waals surface area contributed by atoms with Crippen molar-refractivity contribution in [1.82, 2.24) is 0 Å². The lowest BCUT2D eigenvalue weighted by Crippen LogP contribution is -2.34. The Labute approximate surface area is 190 Å². The monoisotopic (exact) mass is 416 g/mol. The highest BCUT2D eigenvalue weighted by atomic mass is 14.4. The van der Waals surface area contributed by atoms with Crippen LogP contribution in [0.5, 0.6) is 0 Å². The summed E-state index contributed by atoms with van der Waals surface area (Å²) in [7, 11) is 0. The van der Waals surface area contributed by atoms with Crippen LogP contribution in [0.25, 0.3) is 0 Å². The van der Waals surface area contributed by atoms with Crippen LogP contribution in [-0.4, -0.2) is 0 Å². The molecule has 7 unspecified atom stereocenters. The first-order valence-corrected chi connectivity index (χ1v) is 14.7. The molecule has 0 bridgehead atoms. The van der Waals surface area contributed by atoms with Crippen LogP contribution in [0.1, 0.15) is 149 Å². The van der Waals surface area contributed by atoms with E-state index in [-0.39, 0.29) is 0 Å². The summed E-state index contributed by atoms with van der Waals surface area (Å²) in [6, 6.07) is 0. The van der Waals surface area contributed by atoms with Gasteiger partial charge in [0.2, 0.25) is 0 Å². The molecular weight excluding hydrogens is 360 g/mol. The molecule has 0 saturated heterocycles. The Morgan fingerprint density at radius 2 is 1.27 bits per heavy atom. The molecule has 3 fully saturated rings. The summed E-state index contributed by atoms with van der Waals surface area (Å²) in [4.78, 5) is 0. The quantitative estimate of drug-likeness (QED) is 0.362. The molecule has 0 aromatic rings. The first-order chi connectivity index (χ1) is 14.7. The second-order valence-electron chi connectivity index (χ2n) is 12.0. The van der Waals surface area contributed by atoms with E-state index < -0.39 is 0 Å². The van der Waals surface area contributed by atoms with E-state index in [0.29, 0.717) is 0 Å². The van der Waals surface area contributed by atoms with Gasteiger partial charge in [0.15, 0.2) is 0 Å².